The Morgan fingerprint density at radius 1 is 1.00 bits per heavy atom. The highest BCUT2D eigenvalue weighted by Crippen LogP contribution is 2.35. The lowest BCUT2D eigenvalue weighted by atomic mass is 10.1. The summed E-state index contributed by atoms with van der Waals surface area (Å²) >= 11 is 0. The molecule has 0 saturated carbocycles. The third-order valence-electron chi connectivity index (χ3n) is 4.37. The van der Waals surface area contributed by atoms with Gasteiger partial charge in [0.2, 0.25) is 5.78 Å². The number of allylic oxidation sites excluding steroid dienone is 1. The van der Waals surface area contributed by atoms with Gasteiger partial charge in [-0.3, -0.25) is 4.79 Å². The van der Waals surface area contributed by atoms with Crippen molar-refractivity contribution in [2.45, 2.75) is 6.61 Å². The number of halogens is 1. The third-order valence-corrected chi connectivity index (χ3v) is 4.37. The van der Waals surface area contributed by atoms with Gasteiger partial charge in [0.15, 0.2) is 5.76 Å². The lowest BCUT2D eigenvalue weighted by molar-refractivity contribution is 0.101. The zero-order chi connectivity index (χ0) is 19.5. The topological polar surface area (TPSA) is 44.8 Å². The molecule has 1 heterocycles. The summed E-state index contributed by atoms with van der Waals surface area (Å²) < 4.78 is 30.5. The van der Waals surface area contributed by atoms with E-state index in [9.17, 15) is 9.18 Å². The Balaban J connectivity index is 1.51. The standard InChI is InChI=1S/C23H17FO4/c1-26-17-7-4-5-15(11-17)14-27-18-9-10-19-21(13-18)28-22(23(19)25)12-16-6-2-3-8-20(16)24/h2-13H,14H2,1H3/b22-12-. The van der Waals surface area contributed by atoms with Gasteiger partial charge in [0.05, 0.1) is 12.7 Å². The van der Waals surface area contributed by atoms with Crippen molar-refractivity contribution in [3.05, 3.63) is 95.0 Å². The average Bonchev–Trinajstić information content (AvgIpc) is 3.03. The molecule has 0 bridgehead atoms. The van der Waals surface area contributed by atoms with Crippen LogP contribution in [0.1, 0.15) is 21.5 Å². The molecule has 3 aromatic rings. The Bertz CT molecular complexity index is 1070. The maximum Gasteiger partial charge on any atom is 0.231 e. The number of ether oxygens (including phenoxy) is 3. The van der Waals surface area contributed by atoms with Crippen LogP contribution in [0, 0.1) is 5.82 Å². The summed E-state index contributed by atoms with van der Waals surface area (Å²) in [7, 11) is 1.61. The molecule has 1 aliphatic heterocycles. The second-order valence-corrected chi connectivity index (χ2v) is 6.26. The molecule has 4 nitrogen and oxygen atoms in total. The molecule has 3 aromatic carbocycles. The molecule has 1 aliphatic rings. The number of hydrogen-bond acceptors (Lipinski definition) is 4. The van der Waals surface area contributed by atoms with E-state index in [-0.39, 0.29) is 11.5 Å². The van der Waals surface area contributed by atoms with Crippen LogP contribution in [0.3, 0.4) is 0 Å². The maximum absolute atomic E-state index is 13.8. The Hall–Kier alpha value is -3.60. The molecule has 0 N–H and O–H groups in total. The van der Waals surface area contributed by atoms with E-state index in [1.54, 1.807) is 43.5 Å². The minimum absolute atomic E-state index is 0.0880. The van der Waals surface area contributed by atoms with Gasteiger partial charge in [-0.05, 0) is 42.0 Å². The summed E-state index contributed by atoms with van der Waals surface area (Å²) in [4.78, 5) is 12.5. The van der Waals surface area contributed by atoms with E-state index < -0.39 is 5.82 Å². The molecular weight excluding hydrogens is 359 g/mol. The van der Waals surface area contributed by atoms with E-state index in [4.69, 9.17) is 14.2 Å². The molecule has 0 aromatic heterocycles. The van der Waals surface area contributed by atoms with Crippen LogP contribution in [0.5, 0.6) is 17.2 Å². The highest BCUT2D eigenvalue weighted by molar-refractivity contribution is 6.14. The second kappa shape index (κ2) is 7.56. The van der Waals surface area contributed by atoms with Crippen LogP contribution in [-0.4, -0.2) is 12.9 Å². The second-order valence-electron chi connectivity index (χ2n) is 6.26. The molecule has 0 atom stereocenters. The highest BCUT2D eigenvalue weighted by Gasteiger charge is 2.28. The first kappa shape index (κ1) is 17.8. The first-order chi connectivity index (χ1) is 13.6. The summed E-state index contributed by atoms with van der Waals surface area (Å²) in [5, 5.41) is 0. The number of Topliss-reactive ketones (excluding diaryl/α,β-unsaturated/α-hetero) is 1. The van der Waals surface area contributed by atoms with Crippen LogP contribution >= 0.6 is 0 Å². The number of rotatable bonds is 5. The van der Waals surface area contributed by atoms with Crippen LogP contribution in [0.4, 0.5) is 4.39 Å². The number of carbonyl (C=O) groups excluding carboxylic acids is 1. The first-order valence-corrected chi connectivity index (χ1v) is 8.72. The van der Waals surface area contributed by atoms with Gasteiger partial charge in [0.25, 0.3) is 0 Å². The molecule has 28 heavy (non-hydrogen) atoms. The minimum Gasteiger partial charge on any atom is -0.497 e. The number of ketones is 1. The predicted octanol–water partition coefficient (Wildman–Crippen LogP) is 5.03. The van der Waals surface area contributed by atoms with Crippen molar-refractivity contribution in [3.8, 4) is 17.2 Å². The van der Waals surface area contributed by atoms with Crippen molar-refractivity contribution in [2.75, 3.05) is 7.11 Å². The predicted molar refractivity (Wildman–Crippen MR) is 103 cm³/mol. The monoisotopic (exact) mass is 376 g/mol. The van der Waals surface area contributed by atoms with Crippen LogP contribution in [-0.2, 0) is 6.61 Å². The van der Waals surface area contributed by atoms with E-state index in [0.29, 0.717) is 29.2 Å². The van der Waals surface area contributed by atoms with Crippen molar-refractivity contribution in [1.29, 1.82) is 0 Å². The molecule has 0 spiro atoms. The smallest absolute Gasteiger partial charge is 0.231 e. The van der Waals surface area contributed by atoms with Gasteiger partial charge < -0.3 is 14.2 Å². The van der Waals surface area contributed by atoms with Crippen molar-refractivity contribution in [1.82, 2.24) is 0 Å². The molecule has 0 aliphatic carbocycles. The first-order valence-electron chi connectivity index (χ1n) is 8.72. The fourth-order valence-corrected chi connectivity index (χ4v) is 2.92. The molecule has 5 heteroatoms. The largest absolute Gasteiger partial charge is 0.497 e. The number of hydrogen-bond donors (Lipinski definition) is 0. The van der Waals surface area contributed by atoms with Crippen LogP contribution in [0.2, 0.25) is 0 Å². The Labute approximate surface area is 161 Å². The zero-order valence-corrected chi connectivity index (χ0v) is 15.1. The van der Waals surface area contributed by atoms with Crippen molar-refractivity contribution in [3.63, 3.8) is 0 Å². The Morgan fingerprint density at radius 3 is 2.68 bits per heavy atom. The summed E-state index contributed by atoms with van der Waals surface area (Å²) in [6.45, 7) is 0.349. The van der Waals surface area contributed by atoms with Gasteiger partial charge in [-0.25, -0.2) is 4.39 Å². The van der Waals surface area contributed by atoms with E-state index in [1.165, 1.54) is 12.1 Å². The molecule has 4 rings (SSSR count). The van der Waals surface area contributed by atoms with Gasteiger partial charge in [0, 0.05) is 11.6 Å². The number of benzene rings is 3. The van der Waals surface area contributed by atoms with Gasteiger partial charge in [-0.15, -0.1) is 0 Å². The maximum atomic E-state index is 13.8. The van der Waals surface area contributed by atoms with E-state index in [2.05, 4.69) is 0 Å². The van der Waals surface area contributed by atoms with E-state index >= 15 is 0 Å². The van der Waals surface area contributed by atoms with Crippen LogP contribution in [0.15, 0.2) is 72.5 Å². The van der Waals surface area contributed by atoms with Crippen molar-refractivity contribution in [2.24, 2.45) is 0 Å². The van der Waals surface area contributed by atoms with Crippen molar-refractivity contribution < 1.29 is 23.4 Å². The van der Waals surface area contributed by atoms with Gasteiger partial charge >= 0.3 is 0 Å². The van der Waals surface area contributed by atoms with E-state index in [1.807, 2.05) is 24.3 Å². The minimum atomic E-state index is -0.412. The van der Waals surface area contributed by atoms with E-state index in [0.717, 1.165) is 11.3 Å². The molecule has 0 saturated heterocycles. The number of fused-ring (bicyclic) bond motifs is 1. The fraction of sp³-hybridized carbons (Fsp3) is 0.0870. The summed E-state index contributed by atoms with van der Waals surface area (Å²) in [6.07, 6.45) is 1.41. The van der Waals surface area contributed by atoms with Gasteiger partial charge in [-0.1, -0.05) is 30.3 Å². The third kappa shape index (κ3) is 3.60. The number of carbonyl (C=O) groups is 1. The molecule has 0 amide bonds. The van der Waals surface area contributed by atoms with Crippen molar-refractivity contribution >= 4 is 11.9 Å². The van der Waals surface area contributed by atoms with Gasteiger partial charge in [0.1, 0.15) is 29.7 Å². The highest BCUT2D eigenvalue weighted by atomic mass is 19.1. The lowest BCUT2D eigenvalue weighted by Crippen LogP contribution is -1.98. The lowest BCUT2D eigenvalue weighted by Gasteiger charge is -2.08. The summed E-state index contributed by atoms with van der Waals surface area (Å²) in [5.41, 5.74) is 1.68. The van der Waals surface area contributed by atoms with Gasteiger partial charge in [-0.2, -0.15) is 0 Å². The zero-order valence-electron chi connectivity index (χ0n) is 15.1. The molecule has 0 fully saturated rings. The summed E-state index contributed by atoms with van der Waals surface area (Å²) in [6, 6.07) is 18.8. The van der Waals surface area contributed by atoms with Crippen LogP contribution < -0.4 is 14.2 Å². The average molecular weight is 376 g/mol. The SMILES string of the molecule is COc1cccc(COc2ccc3c(c2)O/C(=C\c2ccccc2F)C3=O)c1. The fourth-order valence-electron chi connectivity index (χ4n) is 2.92. The Morgan fingerprint density at radius 2 is 1.86 bits per heavy atom. The Kier molecular flexibility index (Phi) is 4.81. The molecule has 140 valence electrons. The molecular formula is C23H17FO4. The summed E-state index contributed by atoms with van der Waals surface area (Å²) in [5.74, 6) is 1.12. The normalized spacial score (nSPS) is 13.9. The molecule has 0 radical (unpaired) electrons. The number of methoxy groups -OCH3 is 1. The quantitative estimate of drug-likeness (QED) is 0.586. The van der Waals surface area contributed by atoms with Crippen LogP contribution in [0.25, 0.3) is 6.08 Å². The molecule has 0 unspecified atom stereocenters.